The third kappa shape index (κ3) is 5.78. The average Bonchev–Trinajstić information content (AvgIpc) is 2.67. The van der Waals surface area contributed by atoms with Gasteiger partial charge in [-0.1, -0.05) is 26.0 Å². The maximum Gasteiger partial charge on any atom is 0.243 e. The monoisotopic (exact) mass is 439 g/mol. The van der Waals surface area contributed by atoms with Crippen LogP contribution < -0.4 is 10.6 Å². The predicted molar refractivity (Wildman–Crippen MR) is 113 cm³/mol. The predicted octanol–water partition coefficient (Wildman–Crippen LogP) is 2.17. The van der Waals surface area contributed by atoms with Crippen molar-refractivity contribution >= 4 is 37.1 Å². The van der Waals surface area contributed by atoms with Gasteiger partial charge in [-0.25, -0.2) is 16.8 Å². The summed E-state index contributed by atoms with van der Waals surface area (Å²) in [5.74, 6) is -0.430. The molecule has 1 amide bonds. The number of carbonyl (C=O) groups excluding carboxylic acids is 1. The number of benzene rings is 2. The van der Waals surface area contributed by atoms with Crippen LogP contribution in [0.3, 0.4) is 0 Å². The van der Waals surface area contributed by atoms with Crippen molar-refractivity contribution in [2.75, 3.05) is 36.5 Å². The van der Waals surface area contributed by atoms with E-state index in [0.29, 0.717) is 18.8 Å². The molecule has 0 unspecified atom stereocenters. The zero-order valence-corrected chi connectivity index (χ0v) is 18.2. The molecular formula is C19H25N3O5S2. The number of amides is 1. The second kappa shape index (κ2) is 9.38. The molecule has 0 saturated carbocycles. The zero-order chi connectivity index (χ0) is 21.7. The Morgan fingerprint density at radius 2 is 1.52 bits per heavy atom. The minimum absolute atomic E-state index is 0.0410. The van der Waals surface area contributed by atoms with Gasteiger partial charge in [-0.05, 0) is 36.4 Å². The Kier molecular flexibility index (Phi) is 7.39. The van der Waals surface area contributed by atoms with Crippen LogP contribution in [0.5, 0.6) is 0 Å². The van der Waals surface area contributed by atoms with E-state index >= 15 is 0 Å². The lowest BCUT2D eigenvalue weighted by Gasteiger charge is -2.18. The maximum atomic E-state index is 12.5. The van der Waals surface area contributed by atoms with Crippen LogP contribution in [0.2, 0.25) is 0 Å². The first-order valence-corrected chi connectivity index (χ1v) is 12.4. The number of nitrogens with one attached hydrogen (secondary N) is 2. The Bertz CT molecular complexity index is 1060. The molecule has 29 heavy (non-hydrogen) atoms. The summed E-state index contributed by atoms with van der Waals surface area (Å²) in [6.45, 7) is 4.21. The van der Waals surface area contributed by atoms with Crippen molar-refractivity contribution in [3.63, 3.8) is 0 Å². The van der Waals surface area contributed by atoms with E-state index in [4.69, 9.17) is 0 Å². The smallest absolute Gasteiger partial charge is 0.243 e. The fourth-order valence-corrected chi connectivity index (χ4v) is 5.03. The minimum atomic E-state index is -3.54. The molecule has 10 heteroatoms. The van der Waals surface area contributed by atoms with Gasteiger partial charge in [-0.15, -0.1) is 0 Å². The van der Waals surface area contributed by atoms with Gasteiger partial charge in [0, 0.05) is 25.0 Å². The number of sulfonamides is 1. The summed E-state index contributed by atoms with van der Waals surface area (Å²) in [5.41, 5.74) is 0.775. The van der Waals surface area contributed by atoms with Gasteiger partial charge in [0.05, 0.1) is 22.0 Å². The standard InChI is InChI=1S/C19H25N3O5S2/c1-4-22(5-2)29(26,27)16-12-10-15(11-13-16)20-14-19(23)21-17-8-6-7-9-18(17)28(3,24)25/h6-13,20H,4-5,14H2,1-3H3,(H,21,23). The SMILES string of the molecule is CCN(CC)S(=O)(=O)c1ccc(NCC(=O)Nc2ccccc2S(C)(=O)=O)cc1. The number of nitrogens with zero attached hydrogens (tertiary/aromatic N) is 1. The summed E-state index contributed by atoms with van der Waals surface area (Å²) >= 11 is 0. The van der Waals surface area contributed by atoms with Crippen molar-refractivity contribution in [2.45, 2.75) is 23.6 Å². The summed E-state index contributed by atoms with van der Waals surface area (Å²) < 4.78 is 49.9. The highest BCUT2D eigenvalue weighted by atomic mass is 32.2. The van der Waals surface area contributed by atoms with Crippen LogP contribution in [-0.2, 0) is 24.7 Å². The molecule has 0 atom stereocenters. The Hall–Kier alpha value is -2.43. The van der Waals surface area contributed by atoms with Crippen LogP contribution in [0.25, 0.3) is 0 Å². The van der Waals surface area contributed by atoms with Gasteiger partial charge in [0.2, 0.25) is 15.9 Å². The third-order valence-electron chi connectivity index (χ3n) is 4.21. The van der Waals surface area contributed by atoms with E-state index in [1.54, 1.807) is 38.1 Å². The molecule has 0 spiro atoms. The quantitative estimate of drug-likeness (QED) is 0.619. The summed E-state index contributed by atoms with van der Waals surface area (Å²) in [4.78, 5) is 12.4. The van der Waals surface area contributed by atoms with Crippen molar-refractivity contribution in [2.24, 2.45) is 0 Å². The Labute approximate surface area is 171 Å². The highest BCUT2D eigenvalue weighted by Crippen LogP contribution is 2.21. The molecule has 0 aromatic heterocycles. The first-order chi connectivity index (χ1) is 13.6. The van der Waals surface area contributed by atoms with Crippen LogP contribution >= 0.6 is 0 Å². The topological polar surface area (TPSA) is 113 Å². The number of hydrogen-bond acceptors (Lipinski definition) is 6. The lowest BCUT2D eigenvalue weighted by molar-refractivity contribution is -0.114. The van der Waals surface area contributed by atoms with Crippen LogP contribution in [0, 0.1) is 0 Å². The van der Waals surface area contributed by atoms with E-state index in [9.17, 15) is 21.6 Å². The van der Waals surface area contributed by atoms with Crippen molar-refractivity contribution in [3.05, 3.63) is 48.5 Å². The van der Waals surface area contributed by atoms with Gasteiger partial charge in [0.25, 0.3) is 0 Å². The summed E-state index contributed by atoms with van der Waals surface area (Å²) in [6, 6.07) is 12.3. The highest BCUT2D eigenvalue weighted by molar-refractivity contribution is 7.91. The van der Waals surface area contributed by atoms with Gasteiger partial charge in [-0.3, -0.25) is 4.79 Å². The van der Waals surface area contributed by atoms with Crippen LogP contribution in [-0.4, -0.2) is 52.9 Å². The minimum Gasteiger partial charge on any atom is -0.376 e. The molecule has 2 rings (SSSR count). The average molecular weight is 440 g/mol. The van der Waals surface area contributed by atoms with Crippen LogP contribution in [0.15, 0.2) is 58.3 Å². The lowest BCUT2D eigenvalue weighted by Crippen LogP contribution is -2.30. The number of sulfone groups is 1. The Balaban J connectivity index is 2.04. The van der Waals surface area contributed by atoms with Gasteiger partial charge < -0.3 is 10.6 Å². The van der Waals surface area contributed by atoms with E-state index in [0.717, 1.165) is 6.26 Å². The van der Waals surface area contributed by atoms with Gasteiger partial charge in [-0.2, -0.15) is 4.31 Å². The molecule has 2 aromatic carbocycles. The van der Waals surface area contributed by atoms with E-state index in [1.807, 2.05) is 0 Å². The molecule has 0 saturated heterocycles. The highest BCUT2D eigenvalue weighted by Gasteiger charge is 2.21. The summed E-state index contributed by atoms with van der Waals surface area (Å²) in [5, 5.41) is 5.46. The molecule has 0 aliphatic rings. The first-order valence-electron chi connectivity index (χ1n) is 9.02. The number of rotatable bonds is 9. The van der Waals surface area contributed by atoms with Crippen LogP contribution in [0.4, 0.5) is 11.4 Å². The molecule has 2 N–H and O–H groups in total. The molecule has 0 bridgehead atoms. The normalized spacial score (nSPS) is 12.0. The molecule has 2 aromatic rings. The van der Waals surface area contributed by atoms with E-state index < -0.39 is 25.8 Å². The Morgan fingerprint density at radius 3 is 2.07 bits per heavy atom. The van der Waals surface area contributed by atoms with E-state index in [1.165, 1.54) is 28.6 Å². The maximum absolute atomic E-state index is 12.5. The number of anilines is 2. The van der Waals surface area contributed by atoms with Gasteiger partial charge >= 0.3 is 0 Å². The molecular weight excluding hydrogens is 414 g/mol. The second-order valence-corrected chi connectivity index (χ2v) is 10.2. The fourth-order valence-electron chi connectivity index (χ4n) is 2.73. The Morgan fingerprint density at radius 1 is 0.931 bits per heavy atom. The number of para-hydroxylation sites is 1. The molecule has 0 aliphatic heterocycles. The van der Waals surface area contributed by atoms with E-state index in [-0.39, 0.29) is 22.0 Å². The molecule has 0 heterocycles. The first kappa shape index (κ1) is 22.9. The number of carbonyl (C=O) groups is 1. The zero-order valence-electron chi connectivity index (χ0n) is 16.5. The van der Waals surface area contributed by atoms with Crippen molar-refractivity contribution in [3.8, 4) is 0 Å². The number of hydrogen-bond donors (Lipinski definition) is 2. The fraction of sp³-hybridized carbons (Fsp3) is 0.316. The van der Waals surface area contributed by atoms with Crippen molar-refractivity contribution < 1.29 is 21.6 Å². The van der Waals surface area contributed by atoms with Crippen LogP contribution in [0.1, 0.15) is 13.8 Å². The van der Waals surface area contributed by atoms with Crippen molar-refractivity contribution in [1.29, 1.82) is 0 Å². The van der Waals surface area contributed by atoms with E-state index in [2.05, 4.69) is 10.6 Å². The van der Waals surface area contributed by atoms with Crippen molar-refractivity contribution in [1.82, 2.24) is 4.31 Å². The summed E-state index contributed by atoms with van der Waals surface area (Å²) in [7, 11) is -7.01. The lowest BCUT2D eigenvalue weighted by atomic mass is 10.3. The molecule has 0 fully saturated rings. The van der Waals surface area contributed by atoms with Gasteiger partial charge in [0.15, 0.2) is 9.84 Å². The molecule has 0 radical (unpaired) electrons. The third-order valence-corrected chi connectivity index (χ3v) is 7.43. The summed E-state index contributed by atoms with van der Waals surface area (Å²) in [6.07, 6.45) is 1.07. The van der Waals surface area contributed by atoms with Gasteiger partial charge in [0.1, 0.15) is 0 Å². The second-order valence-electron chi connectivity index (χ2n) is 6.28. The largest absolute Gasteiger partial charge is 0.376 e. The molecule has 0 aliphatic carbocycles. The molecule has 8 nitrogen and oxygen atoms in total. The molecule has 158 valence electrons.